The normalized spacial score (nSPS) is 17.7. The van der Waals surface area contributed by atoms with Gasteiger partial charge in [-0.15, -0.1) is 0 Å². The lowest BCUT2D eigenvalue weighted by atomic mass is 9.75. The van der Waals surface area contributed by atoms with Gasteiger partial charge < -0.3 is 0 Å². The van der Waals surface area contributed by atoms with Gasteiger partial charge in [-0.1, -0.05) is 213 Å². The van der Waals surface area contributed by atoms with Crippen molar-refractivity contribution in [2.45, 2.75) is 131 Å². The molecule has 8 aromatic rings. The van der Waals surface area contributed by atoms with Crippen molar-refractivity contribution in [3.63, 3.8) is 0 Å². The molecule has 4 aliphatic carbocycles. The number of fused-ring (bicyclic) bond motifs is 7. The van der Waals surface area contributed by atoms with Crippen LogP contribution in [0.4, 0.5) is 0 Å². The van der Waals surface area contributed by atoms with Crippen molar-refractivity contribution in [3.05, 3.63) is 166 Å². The van der Waals surface area contributed by atoms with Crippen LogP contribution in [0, 0.1) is 11.8 Å². The van der Waals surface area contributed by atoms with E-state index in [0.29, 0.717) is 5.92 Å². The lowest BCUT2D eigenvalue weighted by Crippen LogP contribution is -2.17. The minimum Gasteiger partial charge on any atom is -0.0767 e. The van der Waals surface area contributed by atoms with Crippen LogP contribution < -0.4 is 0 Å². The first-order valence-corrected chi connectivity index (χ1v) is 25.4. The molecule has 2 unspecified atom stereocenters. The van der Waals surface area contributed by atoms with Crippen LogP contribution in [-0.2, 0) is 27.1 Å². The zero-order valence-electron chi connectivity index (χ0n) is 43.3. The Kier molecular flexibility index (Phi) is 8.82. The van der Waals surface area contributed by atoms with Crippen LogP contribution in [0.5, 0.6) is 0 Å². The maximum atomic E-state index is 2.66. The lowest BCUT2D eigenvalue weighted by molar-refractivity contribution is 0.568. The van der Waals surface area contributed by atoms with Crippen LogP contribution in [0.25, 0.3) is 98.7 Å². The molecule has 0 N–H and O–H groups in total. The number of hydrogen-bond acceptors (Lipinski definition) is 0. The average Bonchev–Trinajstić information content (AvgIpc) is 3.76. The van der Waals surface area contributed by atoms with Crippen molar-refractivity contribution in [2.24, 2.45) is 11.8 Å². The Morgan fingerprint density at radius 1 is 0.324 bits per heavy atom. The summed E-state index contributed by atoms with van der Waals surface area (Å²) in [5.74, 6) is 0.585. The third-order valence-corrected chi connectivity index (χ3v) is 16.3. The van der Waals surface area contributed by atoms with Crippen molar-refractivity contribution in [1.29, 1.82) is 0 Å². The van der Waals surface area contributed by atoms with Crippen molar-refractivity contribution < 1.29 is 0 Å². The second-order valence-electron chi connectivity index (χ2n) is 26.2. The largest absolute Gasteiger partial charge is 0.0767 e. The first kappa shape index (κ1) is 43.3. The molecule has 0 radical (unpaired) electrons. The van der Waals surface area contributed by atoms with E-state index < -0.39 is 0 Å². The molecule has 68 heavy (non-hydrogen) atoms. The van der Waals surface area contributed by atoms with Crippen LogP contribution in [0.2, 0.25) is 0 Å². The van der Waals surface area contributed by atoms with Crippen molar-refractivity contribution in [3.8, 4) is 44.5 Å². The Morgan fingerprint density at radius 3 is 1.21 bits per heavy atom. The molecule has 0 nitrogen and oxygen atoms in total. The number of hydrogen-bond donors (Lipinski definition) is 0. The highest BCUT2D eigenvalue weighted by molar-refractivity contribution is 6.33. The van der Waals surface area contributed by atoms with E-state index in [1.165, 1.54) is 138 Å². The SMILES string of the molecule is CC(C)(C)c1cc(-c2c3c(c(-c4cc(C(C)(C)C)cc(C(C)(C)C)c4)c4cc5c(cc24)-c2ccc4ccc6cc(C(C)(C)C)cc7cc-5c2c4c67)C2=CC=CC4C=CC=C3C24)cc(C(C)(C)C)c1. The molecule has 0 fully saturated rings. The maximum Gasteiger partial charge on any atom is 0.0200 e. The van der Waals surface area contributed by atoms with Gasteiger partial charge in [0.2, 0.25) is 0 Å². The van der Waals surface area contributed by atoms with Crippen molar-refractivity contribution >= 4 is 54.2 Å². The summed E-state index contributed by atoms with van der Waals surface area (Å²) in [7, 11) is 0. The van der Waals surface area contributed by atoms with Gasteiger partial charge in [0.25, 0.3) is 0 Å². The third-order valence-electron chi connectivity index (χ3n) is 16.3. The van der Waals surface area contributed by atoms with Gasteiger partial charge in [-0.2, -0.15) is 0 Å². The number of benzene rings is 8. The van der Waals surface area contributed by atoms with E-state index in [1.54, 1.807) is 0 Å². The van der Waals surface area contributed by atoms with Gasteiger partial charge in [-0.05, 0) is 183 Å². The smallest absolute Gasteiger partial charge is 0.0200 e. The van der Waals surface area contributed by atoms with Gasteiger partial charge >= 0.3 is 0 Å². The number of rotatable bonds is 2. The van der Waals surface area contributed by atoms with Crippen LogP contribution in [0.3, 0.4) is 0 Å². The van der Waals surface area contributed by atoms with E-state index in [4.69, 9.17) is 0 Å². The molecular formula is C68H68. The maximum absolute atomic E-state index is 2.66. The fourth-order valence-corrected chi connectivity index (χ4v) is 12.4. The zero-order valence-corrected chi connectivity index (χ0v) is 43.3. The molecule has 4 aliphatic rings. The summed E-state index contributed by atoms with van der Waals surface area (Å²) in [5.41, 5.74) is 23.4. The highest BCUT2D eigenvalue weighted by Crippen LogP contribution is 2.62. The van der Waals surface area contributed by atoms with Gasteiger partial charge in [-0.25, -0.2) is 0 Å². The standard InChI is InChI=1S/C68H68/c1-64(2,3)43-26-39-23-22-38-24-25-48-51-35-54-55(36-52(51)53-32-42(31-43)56(39)60(38)61(48)53)59(41-29-46(67(10,11)12)34-47(30-41)68(13,14)15)63-50-21-17-19-37-18-16-20-49(57(37)50)62(63)58(54)40-27-44(65(4,5)6)33-45(28-40)66(7,8)9/h16-37,57H,1-15H3. The predicted octanol–water partition coefficient (Wildman–Crippen LogP) is 19.4. The Balaban J connectivity index is 1.31. The average molecular weight is 885 g/mol. The van der Waals surface area contributed by atoms with Crippen molar-refractivity contribution in [1.82, 2.24) is 0 Å². The molecule has 0 spiro atoms. The summed E-state index contributed by atoms with van der Waals surface area (Å²) < 4.78 is 0. The van der Waals surface area contributed by atoms with Gasteiger partial charge in [-0.3, -0.25) is 0 Å². The molecule has 8 aromatic carbocycles. The monoisotopic (exact) mass is 885 g/mol. The Bertz CT molecular complexity index is 3600. The highest BCUT2D eigenvalue weighted by Gasteiger charge is 2.43. The predicted molar refractivity (Wildman–Crippen MR) is 298 cm³/mol. The first-order valence-electron chi connectivity index (χ1n) is 25.4. The van der Waals surface area contributed by atoms with E-state index >= 15 is 0 Å². The van der Waals surface area contributed by atoms with E-state index in [2.05, 4.69) is 231 Å². The highest BCUT2D eigenvalue weighted by atomic mass is 14.5. The molecule has 2 atom stereocenters. The molecule has 0 aromatic heterocycles. The molecular weight excluding hydrogens is 817 g/mol. The van der Waals surface area contributed by atoms with E-state index in [9.17, 15) is 0 Å². The third kappa shape index (κ3) is 6.31. The van der Waals surface area contributed by atoms with Gasteiger partial charge in [0.05, 0.1) is 0 Å². The summed E-state index contributed by atoms with van der Waals surface area (Å²) in [6.45, 7) is 35.6. The summed E-state index contributed by atoms with van der Waals surface area (Å²) in [6, 6.07) is 37.6. The van der Waals surface area contributed by atoms with Crippen molar-refractivity contribution in [2.75, 3.05) is 0 Å². The minimum atomic E-state index is -0.0362. The van der Waals surface area contributed by atoms with Gasteiger partial charge in [0.15, 0.2) is 0 Å². The molecule has 0 saturated carbocycles. The number of allylic oxidation sites excluding steroid dienone is 8. The van der Waals surface area contributed by atoms with Crippen LogP contribution in [0.15, 0.2) is 127 Å². The topological polar surface area (TPSA) is 0 Å². The molecule has 0 heteroatoms. The Hall–Kier alpha value is -5.98. The molecule has 0 aliphatic heterocycles. The van der Waals surface area contributed by atoms with Crippen LogP contribution in [0.1, 0.15) is 143 Å². The summed E-state index contributed by atoms with van der Waals surface area (Å²) in [5, 5.41) is 10.9. The summed E-state index contributed by atoms with van der Waals surface area (Å²) in [4.78, 5) is 0. The summed E-state index contributed by atoms with van der Waals surface area (Å²) >= 11 is 0. The minimum absolute atomic E-state index is 0.0323. The Morgan fingerprint density at radius 2 is 0.735 bits per heavy atom. The van der Waals surface area contributed by atoms with Crippen LogP contribution >= 0.6 is 0 Å². The first-order chi connectivity index (χ1) is 31.9. The Labute approximate surface area is 405 Å². The van der Waals surface area contributed by atoms with Crippen LogP contribution in [-0.4, -0.2) is 0 Å². The van der Waals surface area contributed by atoms with E-state index in [0.717, 1.165) is 0 Å². The zero-order chi connectivity index (χ0) is 47.9. The quantitative estimate of drug-likeness (QED) is 0.152. The molecule has 340 valence electrons. The fourth-order valence-electron chi connectivity index (χ4n) is 12.4. The molecule has 12 rings (SSSR count). The van der Waals surface area contributed by atoms with E-state index in [1.807, 2.05) is 0 Å². The molecule has 0 bridgehead atoms. The second-order valence-corrected chi connectivity index (χ2v) is 26.2. The van der Waals surface area contributed by atoms with Gasteiger partial charge in [0, 0.05) is 11.8 Å². The molecule has 0 amide bonds. The summed E-state index contributed by atoms with van der Waals surface area (Å²) in [6.07, 6.45) is 14.5. The van der Waals surface area contributed by atoms with Gasteiger partial charge in [0.1, 0.15) is 0 Å². The fraction of sp³-hybridized carbons (Fsp3) is 0.324. The second kappa shape index (κ2) is 13.8. The lowest BCUT2D eigenvalue weighted by Gasteiger charge is -2.29. The van der Waals surface area contributed by atoms with E-state index in [-0.39, 0.29) is 33.0 Å². The molecule has 0 heterocycles. The molecule has 0 saturated heterocycles.